The SMILES string of the molecule is COCCNC(C)C(C)c1ccc(OC)cc1. The van der Waals surface area contributed by atoms with Crippen LogP contribution in [0.3, 0.4) is 0 Å². The zero-order valence-electron chi connectivity index (χ0n) is 11.2. The van der Waals surface area contributed by atoms with Gasteiger partial charge in [0.25, 0.3) is 0 Å². The Morgan fingerprint density at radius 2 is 1.76 bits per heavy atom. The molecule has 0 spiro atoms. The Hall–Kier alpha value is -1.06. The fourth-order valence-corrected chi connectivity index (χ4v) is 1.76. The Balaban J connectivity index is 2.52. The van der Waals surface area contributed by atoms with Crippen molar-refractivity contribution in [3.8, 4) is 5.75 Å². The Labute approximate surface area is 104 Å². The molecule has 17 heavy (non-hydrogen) atoms. The van der Waals surface area contributed by atoms with E-state index >= 15 is 0 Å². The minimum Gasteiger partial charge on any atom is -0.497 e. The second kappa shape index (κ2) is 7.30. The van der Waals surface area contributed by atoms with Crippen molar-refractivity contribution in [2.24, 2.45) is 0 Å². The molecule has 0 heterocycles. The summed E-state index contributed by atoms with van der Waals surface area (Å²) >= 11 is 0. The lowest BCUT2D eigenvalue weighted by Gasteiger charge is -2.21. The van der Waals surface area contributed by atoms with Crippen molar-refractivity contribution in [2.75, 3.05) is 27.4 Å². The molecule has 1 aromatic carbocycles. The molecule has 3 heteroatoms. The topological polar surface area (TPSA) is 30.5 Å². The third-order valence-corrected chi connectivity index (χ3v) is 3.16. The summed E-state index contributed by atoms with van der Waals surface area (Å²) in [5.74, 6) is 1.37. The minimum atomic E-state index is 0.429. The van der Waals surface area contributed by atoms with Gasteiger partial charge in [-0.2, -0.15) is 0 Å². The molecule has 0 aliphatic carbocycles. The summed E-state index contributed by atoms with van der Waals surface area (Å²) in [6.07, 6.45) is 0. The first kappa shape index (κ1) is 14.0. The zero-order chi connectivity index (χ0) is 12.7. The molecule has 0 fully saturated rings. The van der Waals surface area contributed by atoms with Crippen LogP contribution in [0.4, 0.5) is 0 Å². The van der Waals surface area contributed by atoms with Crippen LogP contribution in [-0.2, 0) is 4.74 Å². The number of benzene rings is 1. The van der Waals surface area contributed by atoms with Gasteiger partial charge in [-0.1, -0.05) is 19.1 Å². The molecule has 0 aromatic heterocycles. The summed E-state index contributed by atoms with van der Waals surface area (Å²) in [5.41, 5.74) is 1.32. The Kier molecular flexibility index (Phi) is 6.01. The Morgan fingerprint density at radius 1 is 1.12 bits per heavy atom. The fourth-order valence-electron chi connectivity index (χ4n) is 1.76. The van der Waals surface area contributed by atoms with Crippen LogP contribution in [0.25, 0.3) is 0 Å². The smallest absolute Gasteiger partial charge is 0.118 e. The van der Waals surface area contributed by atoms with E-state index in [1.54, 1.807) is 14.2 Å². The van der Waals surface area contributed by atoms with Crippen molar-refractivity contribution in [2.45, 2.75) is 25.8 Å². The van der Waals surface area contributed by atoms with Crippen LogP contribution in [-0.4, -0.2) is 33.4 Å². The molecule has 1 aromatic rings. The third-order valence-electron chi connectivity index (χ3n) is 3.16. The number of rotatable bonds is 7. The van der Waals surface area contributed by atoms with Gasteiger partial charge in [-0.3, -0.25) is 0 Å². The highest BCUT2D eigenvalue weighted by molar-refractivity contribution is 5.29. The van der Waals surface area contributed by atoms with Crippen LogP contribution in [0.2, 0.25) is 0 Å². The lowest BCUT2D eigenvalue weighted by molar-refractivity contribution is 0.195. The molecule has 0 radical (unpaired) electrons. The fraction of sp³-hybridized carbons (Fsp3) is 0.571. The van der Waals surface area contributed by atoms with E-state index in [0.29, 0.717) is 12.0 Å². The van der Waals surface area contributed by atoms with Crippen LogP contribution >= 0.6 is 0 Å². The molecule has 0 amide bonds. The van der Waals surface area contributed by atoms with Crippen LogP contribution in [0, 0.1) is 0 Å². The van der Waals surface area contributed by atoms with E-state index in [2.05, 4.69) is 31.3 Å². The van der Waals surface area contributed by atoms with Crippen molar-refractivity contribution in [3.63, 3.8) is 0 Å². The lowest BCUT2D eigenvalue weighted by atomic mass is 9.94. The second-order valence-electron chi connectivity index (χ2n) is 4.30. The average molecular weight is 237 g/mol. The van der Waals surface area contributed by atoms with Gasteiger partial charge in [0.05, 0.1) is 13.7 Å². The predicted molar refractivity (Wildman–Crippen MR) is 70.7 cm³/mol. The summed E-state index contributed by atoms with van der Waals surface area (Å²) < 4.78 is 10.2. The highest BCUT2D eigenvalue weighted by Crippen LogP contribution is 2.21. The van der Waals surface area contributed by atoms with Gasteiger partial charge in [0, 0.05) is 19.7 Å². The van der Waals surface area contributed by atoms with Gasteiger partial charge in [-0.15, -0.1) is 0 Å². The van der Waals surface area contributed by atoms with Crippen molar-refractivity contribution in [3.05, 3.63) is 29.8 Å². The van der Waals surface area contributed by atoms with E-state index in [1.165, 1.54) is 5.56 Å². The van der Waals surface area contributed by atoms with Gasteiger partial charge in [0.2, 0.25) is 0 Å². The zero-order valence-corrected chi connectivity index (χ0v) is 11.2. The maximum absolute atomic E-state index is 5.16. The second-order valence-corrected chi connectivity index (χ2v) is 4.30. The number of hydrogen-bond donors (Lipinski definition) is 1. The molecule has 2 unspecified atom stereocenters. The monoisotopic (exact) mass is 237 g/mol. The molecular weight excluding hydrogens is 214 g/mol. The normalized spacial score (nSPS) is 14.4. The minimum absolute atomic E-state index is 0.429. The van der Waals surface area contributed by atoms with Gasteiger partial charge < -0.3 is 14.8 Å². The van der Waals surface area contributed by atoms with Crippen molar-refractivity contribution >= 4 is 0 Å². The first-order chi connectivity index (χ1) is 8.19. The summed E-state index contributed by atoms with van der Waals surface area (Å²) in [4.78, 5) is 0. The highest BCUT2D eigenvalue weighted by Gasteiger charge is 2.13. The molecule has 3 nitrogen and oxygen atoms in total. The molecule has 1 N–H and O–H groups in total. The largest absolute Gasteiger partial charge is 0.497 e. The molecular formula is C14H23NO2. The Bertz CT molecular complexity index is 311. The number of hydrogen-bond acceptors (Lipinski definition) is 3. The third kappa shape index (κ3) is 4.36. The number of nitrogens with one attached hydrogen (secondary N) is 1. The van der Waals surface area contributed by atoms with Crippen molar-refractivity contribution in [1.29, 1.82) is 0 Å². The molecule has 0 saturated carbocycles. The average Bonchev–Trinajstić information content (AvgIpc) is 2.38. The summed E-state index contributed by atoms with van der Waals surface area (Å²) in [6.45, 7) is 6.06. The van der Waals surface area contributed by atoms with Gasteiger partial charge in [0.15, 0.2) is 0 Å². The van der Waals surface area contributed by atoms with E-state index < -0.39 is 0 Å². The molecule has 96 valence electrons. The van der Waals surface area contributed by atoms with Gasteiger partial charge in [-0.05, 0) is 30.5 Å². The van der Waals surface area contributed by atoms with E-state index in [-0.39, 0.29) is 0 Å². The van der Waals surface area contributed by atoms with Crippen LogP contribution in [0.5, 0.6) is 5.75 Å². The van der Waals surface area contributed by atoms with Crippen molar-refractivity contribution < 1.29 is 9.47 Å². The van der Waals surface area contributed by atoms with E-state index in [9.17, 15) is 0 Å². The summed E-state index contributed by atoms with van der Waals surface area (Å²) in [7, 11) is 3.41. The van der Waals surface area contributed by atoms with Gasteiger partial charge >= 0.3 is 0 Å². The molecule has 0 saturated heterocycles. The van der Waals surface area contributed by atoms with Crippen LogP contribution < -0.4 is 10.1 Å². The van der Waals surface area contributed by atoms with Crippen LogP contribution in [0.15, 0.2) is 24.3 Å². The summed E-state index contributed by atoms with van der Waals surface area (Å²) in [6, 6.07) is 8.69. The standard InChI is InChI=1S/C14H23NO2/c1-11(12(2)15-9-10-16-3)13-5-7-14(17-4)8-6-13/h5-8,11-12,15H,9-10H2,1-4H3. The van der Waals surface area contributed by atoms with Crippen molar-refractivity contribution in [1.82, 2.24) is 5.32 Å². The van der Waals surface area contributed by atoms with Crippen LogP contribution in [0.1, 0.15) is 25.3 Å². The summed E-state index contributed by atoms with van der Waals surface area (Å²) in [5, 5.41) is 3.45. The maximum Gasteiger partial charge on any atom is 0.118 e. The number of methoxy groups -OCH3 is 2. The molecule has 0 bridgehead atoms. The van der Waals surface area contributed by atoms with Gasteiger partial charge in [-0.25, -0.2) is 0 Å². The van der Waals surface area contributed by atoms with E-state index in [0.717, 1.165) is 18.9 Å². The molecule has 1 rings (SSSR count). The highest BCUT2D eigenvalue weighted by atomic mass is 16.5. The molecule has 2 atom stereocenters. The first-order valence-corrected chi connectivity index (χ1v) is 6.05. The first-order valence-electron chi connectivity index (χ1n) is 6.05. The van der Waals surface area contributed by atoms with E-state index in [4.69, 9.17) is 9.47 Å². The Morgan fingerprint density at radius 3 is 2.29 bits per heavy atom. The predicted octanol–water partition coefficient (Wildman–Crippen LogP) is 2.42. The maximum atomic E-state index is 5.16. The molecule has 0 aliphatic heterocycles. The quantitative estimate of drug-likeness (QED) is 0.739. The molecule has 0 aliphatic rings. The van der Waals surface area contributed by atoms with E-state index in [1.807, 2.05) is 12.1 Å². The van der Waals surface area contributed by atoms with Gasteiger partial charge in [0.1, 0.15) is 5.75 Å². The lowest BCUT2D eigenvalue weighted by Crippen LogP contribution is -2.33. The number of ether oxygens (including phenoxy) is 2.